The van der Waals surface area contributed by atoms with Crippen LogP contribution in [-0.2, 0) is 35.1 Å². The van der Waals surface area contributed by atoms with Crippen molar-refractivity contribution >= 4 is 51.0 Å². The fourth-order valence-corrected chi connectivity index (χ4v) is 8.47. The maximum absolute atomic E-state index is 14.7. The summed E-state index contributed by atoms with van der Waals surface area (Å²) in [5.41, 5.74) is 0.689. The molecule has 4 bridgehead atoms. The molecule has 0 radical (unpaired) electrons. The predicted molar refractivity (Wildman–Crippen MR) is 219 cm³/mol. The molecule has 0 saturated carbocycles. The third-order valence-corrected chi connectivity index (χ3v) is 12.0. The van der Waals surface area contributed by atoms with E-state index in [1.165, 1.54) is 60.3 Å². The van der Waals surface area contributed by atoms with Crippen molar-refractivity contribution in [1.82, 2.24) is 4.57 Å². The number of ketones is 1. The number of hydrogen-bond donors (Lipinski definition) is 5. The number of fused-ring (bicyclic) bond motifs is 1. The summed E-state index contributed by atoms with van der Waals surface area (Å²) in [4.78, 5) is 54.5. The summed E-state index contributed by atoms with van der Waals surface area (Å²) in [6, 6.07) is 0. The molecule has 9 atom stereocenters. The lowest BCUT2D eigenvalue weighted by Crippen LogP contribution is -2.46. The first-order valence-corrected chi connectivity index (χ1v) is 19.6. The molecule has 2 aliphatic rings. The van der Waals surface area contributed by atoms with Crippen molar-refractivity contribution in [3.8, 4) is 17.2 Å². The highest BCUT2D eigenvalue weighted by Crippen LogP contribution is 2.55. The van der Waals surface area contributed by atoms with Crippen LogP contribution in [0.2, 0.25) is 0 Å². The van der Waals surface area contributed by atoms with E-state index in [4.69, 9.17) is 23.7 Å². The van der Waals surface area contributed by atoms with Crippen LogP contribution in [0.15, 0.2) is 36.1 Å². The van der Waals surface area contributed by atoms with Gasteiger partial charge in [-0.15, -0.1) is 0 Å². The highest BCUT2D eigenvalue weighted by Gasteiger charge is 2.50. The molecule has 5 rings (SSSR count). The zero-order valence-electron chi connectivity index (χ0n) is 35.6. The monoisotopic (exact) mass is 820 g/mol. The Kier molecular flexibility index (Phi) is 12.9. The Morgan fingerprint density at radius 2 is 1.59 bits per heavy atom. The Labute approximate surface area is 343 Å². The minimum absolute atomic E-state index is 0.0159. The molecule has 3 aromatic rings. The number of anilines is 1. The Balaban J connectivity index is 1.82. The van der Waals surface area contributed by atoms with Gasteiger partial charge in [0.2, 0.25) is 0 Å². The Bertz CT molecular complexity index is 2290. The largest absolute Gasteiger partial charge is 0.507 e. The van der Waals surface area contributed by atoms with E-state index < -0.39 is 89.0 Å². The molecule has 2 aliphatic heterocycles. The summed E-state index contributed by atoms with van der Waals surface area (Å²) >= 11 is 0. The van der Waals surface area contributed by atoms with Crippen molar-refractivity contribution in [2.24, 2.45) is 23.7 Å². The quantitative estimate of drug-likeness (QED) is 0.149. The summed E-state index contributed by atoms with van der Waals surface area (Å²) in [5.74, 6) is -8.30. The number of aromatic hydroxyl groups is 2. The van der Waals surface area contributed by atoms with Crippen LogP contribution in [0.5, 0.6) is 17.2 Å². The van der Waals surface area contributed by atoms with Crippen LogP contribution in [0.25, 0.3) is 21.7 Å². The Hall–Kier alpha value is -5.38. The normalized spacial score (nSPS) is 28.1. The van der Waals surface area contributed by atoms with Gasteiger partial charge in [-0.2, -0.15) is 0 Å². The van der Waals surface area contributed by atoms with Gasteiger partial charge in [0, 0.05) is 78.8 Å². The zero-order chi connectivity index (χ0) is 44.0. The van der Waals surface area contributed by atoms with Crippen LogP contribution in [0.3, 0.4) is 0 Å². The van der Waals surface area contributed by atoms with Crippen LogP contribution >= 0.6 is 0 Å². The van der Waals surface area contributed by atoms with Gasteiger partial charge in [-0.25, -0.2) is 4.79 Å². The van der Waals surface area contributed by atoms with Crippen molar-refractivity contribution in [3.05, 3.63) is 58.5 Å². The van der Waals surface area contributed by atoms with E-state index >= 15 is 0 Å². The third-order valence-electron chi connectivity index (χ3n) is 12.0. The minimum atomic E-state index is -2.02. The molecule has 5 N–H and O–H groups in total. The first kappa shape index (κ1) is 44.7. The molecule has 0 aliphatic carbocycles. The maximum Gasteiger partial charge on any atom is 0.340 e. The second-order valence-corrected chi connectivity index (χ2v) is 15.8. The second kappa shape index (κ2) is 17.1. The number of methoxy groups -OCH3 is 2. The van der Waals surface area contributed by atoms with Crippen LogP contribution in [-0.4, -0.2) is 93.0 Å². The van der Waals surface area contributed by atoms with Gasteiger partial charge >= 0.3 is 17.7 Å². The predicted octanol–water partition coefficient (Wildman–Crippen LogP) is 6.12. The van der Waals surface area contributed by atoms with Crippen molar-refractivity contribution < 1.29 is 63.3 Å². The van der Waals surface area contributed by atoms with Gasteiger partial charge in [0.25, 0.3) is 11.7 Å². The number of phenolic OH excluding ortho intramolecular Hbond substituents is 2. The van der Waals surface area contributed by atoms with Crippen molar-refractivity contribution in [1.29, 1.82) is 0 Å². The molecule has 59 heavy (non-hydrogen) atoms. The van der Waals surface area contributed by atoms with E-state index in [1.54, 1.807) is 51.3 Å². The number of carbonyl (C=O) groups excluding carboxylic acids is 4. The van der Waals surface area contributed by atoms with Crippen LogP contribution in [0, 0.1) is 37.5 Å². The van der Waals surface area contributed by atoms with Gasteiger partial charge < -0.3 is 54.0 Å². The lowest BCUT2D eigenvalue weighted by atomic mass is 9.78. The highest BCUT2D eigenvalue weighted by molar-refractivity contribution is 6.31. The second-order valence-electron chi connectivity index (χ2n) is 15.8. The van der Waals surface area contributed by atoms with E-state index in [1.807, 2.05) is 6.92 Å². The molecule has 1 amide bonds. The third kappa shape index (κ3) is 7.67. The SMILES string of the molecule is CCn1c(C)c(C(=O)OC)c2c3c(O)c4c(O)c(C)c5c(c4c21)C(=O)[C@@](C)(OC=C[C@H](OC)[C@H](C)[C@H](OC(C)=O)[C@H](C)[C@H](O)[C@H](C)[C@H](O)[C@H](C)C=CC=C(C)C(=O)N3)O5. The van der Waals surface area contributed by atoms with Crippen LogP contribution in [0.1, 0.15) is 87.4 Å². The Morgan fingerprint density at radius 3 is 2.19 bits per heavy atom. The minimum Gasteiger partial charge on any atom is -0.507 e. The van der Waals surface area contributed by atoms with E-state index in [2.05, 4.69) is 5.32 Å². The number of rotatable bonds is 4. The number of aromatic nitrogens is 1. The van der Waals surface area contributed by atoms with E-state index in [9.17, 15) is 39.6 Å². The number of esters is 2. The fraction of sp³-hybridized carbons (Fsp3) is 0.500. The van der Waals surface area contributed by atoms with Gasteiger partial charge in [0.05, 0.1) is 59.4 Å². The lowest BCUT2D eigenvalue weighted by Gasteiger charge is -2.38. The highest BCUT2D eigenvalue weighted by atomic mass is 16.7. The number of nitrogens with one attached hydrogen (secondary N) is 1. The molecule has 3 heterocycles. The average Bonchev–Trinajstić information content (AvgIpc) is 3.64. The van der Waals surface area contributed by atoms with Gasteiger partial charge in [-0.05, 0) is 33.8 Å². The lowest BCUT2D eigenvalue weighted by molar-refractivity contribution is -0.160. The number of allylic oxidation sites excluding steroid dienone is 2. The molecule has 320 valence electrons. The standard InChI is InChI=1S/C44H56N2O13/c1-13-46-25(8)28(43(54)56-12)30-33-38(51)31-29(34(30)46)32-40(24(7)37(31)50)59-44(10,41(32)52)57-18-17-27(55-11)21(4)39(58-26(9)47)23(6)36(49)22(5)35(48)19(2)15-14-16-20(3)42(53)45-33/h14-19,21-23,27,35-36,39,48-51H,13H2,1-12H3,(H,45,53)/t19-,21+,22-,23-,27+,35-,36-,39+,44+/m1/s1. The van der Waals surface area contributed by atoms with Gasteiger partial charge in [0.15, 0.2) is 5.75 Å². The molecule has 15 nitrogen and oxygen atoms in total. The topological polar surface area (TPSA) is 212 Å². The molecule has 0 spiro atoms. The number of carbonyl (C=O) groups is 4. The number of hydrogen-bond acceptors (Lipinski definition) is 13. The number of ether oxygens (including phenoxy) is 5. The number of nitrogens with zero attached hydrogens (tertiary/aromatic N) is 1. The van der Waals surface area contributed by atoms with E-state index in [-0.39, 0.29) is 61.9 Å². The molecular formula is C44H56N2O13. The summed E-state index contributed by atoms with van der Waals surface area (Å²) in [7, 11) is 2.64. The number of benzene rings is 2. The number of Topliss-reactive ketones (excluding diaryl/α,β-unsaturated/α-hetero) is 1. The first-order valence-electron chi connectivity index (χ1n) is 19.6. The van der Waals surface area contributed by atoms with E-state index in [0.717, 1.165) is 0 Å². The van der Waals surface area contributed by atoms with Crippen molar-refractivity contribution in [3.63, 3.8) is 0 Å². The number of aryl methyl sites for hydroxylation is 1. The number of aliphatic hydroxyl groups is 2. The van der Waals surface area contributed by atoms with Crippen LogP contribution in [0.4, 0.5) is 5.69 Å². The number of amides is 1. The molecule has 0 fully saturated rings. The zero-order valence-corrected chi connectivity index (χ0v) is 35.6. The number of phenols is 2. The number of aliphatic hydroxyl groups excluding tert-OH is 2. The summed E-state index contributed by atoms with van der Waals surface area (Å²) < 4.78 is 30.7. The van der Waals surface area contributed by atoms with Crippen LogP contribution < -0.4 is 10.1 Å². The van der Waals surface area contributed by atoms with Crippen molar-refractivity contribution in [2.45, 2.75) is 106 Å². The summed E-state index contributed by atoms with van der Waals surface area (Å²) in [5, 5.41) is 49.5. The van der Waals surface area contributed by atoms with Gasteiger partial charge in [0.1, 0.15) is 17.6 Å². The van der Waals surface area contributed by atoms with E-state index in [0.29, 0.717) is 5.69 Å². The Morgan fingerprint density at radius 1 is 0.932 bits per heavy atom. The van der Waals surface area contributed by atoms with Crippen molar-refractivity contribution in [2.75, 3.05) is 19.5 Å². The molecule has 0 unspecified atom stereocenters. The molecule has 2 aromatic carbocycles. The summed E-state index contributed by atoms with van der Waals surface area (Å²) in [6.45, 7) is 16.3. The molecule has 1 aromatic heterocycles. The maximum atomic E-state index is 14.7. The average molecular weight is 821 g/mol. The van der Waals surface area contributed by atoms with Gasteiger partial charge in [-0.1, -0.05) is 45.9 Å². The first-order chi connectivity index (χ1) is 27.7. The molecule has 0 saturated heterocycles. The smallest absolute Gasteiger partial charge is 0.340 e. The molecular weight excluding hydrogens is 764 g/mol. The summed E-state index contributed by atoms with van der Waals surface area (Å²) in [6.07, 6.45) is 3.60. The fourth-order valence-electron chi connectivity index (χ4n) is 8.47. The molecule has 15 heteroatoms. The van der Waals surface area contributed by atoms with Gasteiger partial charge in [-0.3, -0.25) is 14.4 Å².